The standard InChI is InChI=1S/C24H37N3O6S/c1-8-12-27(22(30)18(14-34)26-23(31)33-24(4,5)6)20(21(29)25-13-19(28)32-7)17-11-9-10-15(2)16(17)3/h9-11,18,20,34H,8,12-14H2,1-7H3,(H,25,29)(H,26,31). The van der Waals surface area contributed by atoms with Crippen LogP contribution in [0, 0.1) is 13.8 Å². The first-order valence-corrected chi connectivity index (χ1v) is 11.8. The Labute approximate surface area is 207 Å². The summed E-state index contributed by atoms with van der Waals surface area (Å²) in [6.45, 7) is 10.7. The van der Waals surface area contributed by atoms with Crippen molar-refractivity contribution in [3.8, 4) is 0 Å². The quantitative estimate of drug-likeness (QED) is 0.340. The average molecular weight is 496 g/mol. The molecule has 0 saturated carbocycles. The van der Waals surface area contributed by atoms with Gasteiger partial charge in [-0.05, 0) is 57.7 Å². The van der Waals surface area contributed by atoms with Gasteiger partial charge in [0.05, 0.1) is 7.11 Å². The summed E-state index contributed by atoms with van der Waals surface area (Å²) in [4.78, 5) is 52.3. The van der Waals surface area contributed by atoms with Gasteiger partial charge in [-0.2, -0.15) is 12.6 Å². The summed E-state index contributed by atoms with van der Waals surface area (Å²) in [5, 5.41) is 5.12. The van der Waals surface area contributed by atoms with Crippen molar-refractivity contribution in [3.63, 3.8) is 0 Å². The number of thiol groups is 1. The normalized spacial score (nSPS) is 12.8. The molecule has 2 atom stereocenters. The van der Waals surface area contributed by atoms with E-state index in [9.17, 15) is 19.2 Å². The zero-order valence-electron chi connectivity index (χ0n) is 21.1. The molecule has 3 amide bonds. The number of alkyl carbamates (subject to hydrolysis) is 1. The number of nitrogens with one attached hydrogen (secondary N) is 2. The zero-order valence-corrected chi connectivity index (χ0v) is 22.0. The molecule has 1 aromatic carbocycles. The molecule has 0 aromatic heterocycles. The summed E-state index contributed by atoms with van der Waals surface area (Å²) in [7, 11) is 1.23. The van der Waals surface area contributed by atoms with Gasteiger partial charge in [-0.15, -0.1) is 0 Å². The van der Waals surface area contributed by atoms with Crippen LogP contribution >= 0.6 is 12.6 Å². The van der Waals surface area contributed by atoms with Gasteiger partial charge in [0.25, 0.3) is 0 Å². The Balaban J connectivity index is 3.40. The second-order valence-corrected chi connectivity index (χ2v) is 9.26. The molecule has 0 aliphatic rings. The van der Waals surface area contributed by atoms with E-state index in [2.05, 4.69) is 28.0 Å². The molecule has 9 nitrogen and oxygen atoms in total. The van der Waals surface area contributed by atoms with E-state index in [-0.39, 0.29) is 18.8 Å². The zero-order chi connectivity index (χ0) is 26.1. The number of rotatable bonds is 10. The molecule has 1 rings (SSSR count). The summed E-state index contributed by atoms with van der Waals surface area (Å²) in [5.41, 5.74) is 1.67. The molecule has 0 spiro atoms. The molecular weight excluding hydrogens is 458 g/mol. The molecule has 34 heavy (non-hydrogen) atoms. The van der Waals surface area contributed by atoms with Crippen molar-refractivity contribution >= 4 is 36.5 Å². The van der Waals surface area contributed by atoms with E-state index in [1.54, 1.807) is 26.8 Å². The Kier molecular flexibility index (Phi) is 11.4. The predicted molar refractivity (Wildman–Crippen MR) is 133 cm³/mol. The fourth-order valence-electron chi connectivity index (χ4n) is 3.29. The highest BCUT2D eigenvalue weighted by atomic mass is 32.1. The van der Waals surface area contributed by atoms with Gasteiger partial charge in [-0.1, -0.05) is 25.1 Å². The van der Waals surface area contributed by atoms with E-state index in [0.717, 1.165) is 11.1 Å². The van der Waals surface area contributed by atoms with Gasteiger partial charge in [0.15, 0.2) is 0 Å². The van der Waals surface area contributed by atoms with Gasteiger partial charge in [0, 0.05) is 12.3 Å². The number of carbonyl (C=O) groups is 4. The largest absolute Gasteiger partial charge is 0.468 e. The van der Waals surface area contributed by atoms with E-state index >= 15 is 0 Å². The van der Waals surface area contributed by atoms with E-state index in [4.69, 9.17) is 4.74 Å². The van der Waals surface area contributed by atoms with Crippen LogP contribution in [0.3, 0.4) is 0 Å². The summed E-state index contributed by atoms with van der Waals surface area (Å²) < 4.78 is 9.90. The lowest BCUT2D eigenvalue weighted by Gasteiger charge is -2.34. The lowest BCUT2D eigenvalue weighted by molar-refractivity contribution is -0.144. The van der Waals surface area contributed by atoms with E-state index in [1.165, 1.54) is 12.0 Å². The van der Waals surface area contributed by atoms with Crippen molar-refractivity contribution < 1.29 is 28.7 Å². The minimum absolute atomic E-state index is 0.00158. The highest BCUT2D eigenvalue weighted by Gasteiger charge is 2.36. The first-order valence-electron chi connectivity index (χ1n) is 11.2. The van der Waals surface area contributed by atoms with Crippen LogP contribution in [0.4, 0.5) is 4.79 Å². The Morgan fingerprint density at radius 2 is 1.79 bits per heavy atom. The third kappa shape index (κ3) is 8.55. The van der Waals surface area contributed by atoms with E-state index in [0.29, 0.717) is 12.0 Å². The third-order valence-electron chi connectivity index (χ3n) is 5.05. The molecule has 0 fully saturated rings. The summed E-state index contributed by atoms with van der Waals surface area (Å²) >= 11 is 4.25. The van der Waals surface area contributed by atoms with Crippen molar-refractivity contribution in [2.24, 2.45) is 0 Å². The van der Waals surface area contributed by atoms with Gasteiger partial charge in [-0.3, -0.25) is 14.4 Å². The van der Waals surface area contributed by atoms with Gasteiger partial charge < -0.3 is 25.0 Å². The molecule has 2 unspecified atom stereocenters. The molecule has 0 aliphatic heterocycles. The van der Waals surface area contributed by atoms with Gasteiger partial charge >= 0.3 is 12.1 Å². The number of carbonyl (C=O) groups excluding carboxylic acids is 4. The van der Waals surface area contributed by atoms with E-state index in [1.807, 2.05) is 32.9 Å². The summed E-state index contributed by atoms with van der Waals surface area (Å²) in [6.07, 6.45) is -0.196. The van der Waals surface area contributed by atoms with Crippen LogP contribution in [0.25, 0.3) is 0 Å². The van der Waals surface area contributed by atoms with Crippen molar-refractivity contribution in [3.05, 3.63) is 34.9 Å². The molecule has 0 radical (unpaired) electrons. The number of hydrogen-bond acceptors (Lipinski definition) is 7. The van der Waals surface area contributed by atoms with Crippen LogP contribution in [0.5, 0.6) is 0 Å². The first-order chi connectivity index (χ1) is 15.9. The number of esters is 1. The number of nitrogens with zero attached hydrogens (tertiary/aromatic N) is 1. The summed E-state index contributed by atoms with van der Waals surface area (Å²) in [6, 6.07) is 3.44. The lowest BCUT2D eigenvalue weighted by atomic mass is 9.95. The maximum Gasteiger partial charge on any atom is 0.408 e. The topological polar surface area (TPSA) is 114 Å². The van der Waals surface area contributed by atoms with Gasteiger partial charge in [-0.25, -0.2) is 4.79 Å². The number of methoxy groups -OCH3 is 1. The second kappa shape index (κ2) is 13.2. The maximum atomic E-state index is 13.6. The number of hydrogen-bond donors (Lipinski definition) is 3. The Bertz CT molecular complexity index is 884. The van der Waals surface area contributed by atoms with Crippen LogP contribution < -0.4 is 10.6 Å². The molecule has 0 saturated heterocycles. The maximum absolute atomic E-state index is 13.6. The van der Waals surface area contributed by atoms with Crippen LogP contribution in [-0.4, -0.2) is 66.4 Å². The minimum Gasteiger partial charge on any atom is -0.468 e. The number of benzene rings is 1. The molecule has 2 N–H and O–H groups in total. The summed E-state index contributed by atoms with van der Waals surface area (Å²) in [5.74, 6) is -1.62. The fraction of sp³-hybridized carbons (Fsp3) is 0.583. The van der Waals surface area contributed by atoms with Crippen molar-refractivity contribution in [1.29, 1.82) is 0 Å². The van der Waals surface area contributed by atoms with Crippen LogP contribution in [0.2, 0.25) is 0 Å². The highest BCUT2D eigenvalue weighted by Crippen LogP contribution is 2.27. The molecule has 0 heterocycles. The fourth-order valence-corrected chi connectivity index (χ4v) is 3.54. The van der Waals surface area contributed by atoms with Crippen molar-refractivity contribution in [1.82, 2.24) is 15.5 Å². The molecule has 190 valence electrons. The number of ether oxygens (including phenoxy) is 2. The van der Waals surface area contributed by atoms with Gasteiger partial charge in [0.2, 0.25) is 11.8 Å². The molecular formula is C24H37N3O6S. The lowest BCUT2D eigenvalue weighted by Crippen LogP contribution is -2.54. The van der Waals surface area contributed by atoms with Crippen LogP contribution in [-0.2, 0) is 23.9 Å². The molecule has 0 aliphatic carbocycles. The molecule has 0 bridgehead atoms. The molecule has 1 aromatic rings. The average Bonchev–Trinajstić information content (AvgIpc) is 2.76. The first kappa shape index (κ1) is 29.3. The predicted octanol–water partition coefficient (Wildman–Crippen LogP) is 2.70. The van der Waals surface area contributed by atoms with Crippen molar-refractivity contribution in [2.45, 2.75) is 65.6 Å². The van der Waals surface area contributed by atoms with Crippen molar-refractivity contribution in [2.75, 3.05) is 26.0 Å². The third-order valence-corrected chi connectivity index (χ3v) is 5.42. The minimum atomic E-state index is -1.03. The smallest absolute Gasteiger partial charge is 0.408 e. The molecule has 10 heteroatoms. The monoisotopic (exact) mass is 495 g/mol. The Morgan fingerprint density at radius 3 is 2.32 bits per heavy atom. The Morgan fingerprint density at radius 1 is 1.15 bits per heavy atom. The van der Waals surface area contributed by atoms with Crippen LogP contribution in [0.1, 0.15) is 56.8 Å². The SMILES string of the molecule is CCCN(C(=O)C(CS)NC(=O)OC(C)(C)C)C(C(=O)NCC(=O)OC)c1cccc(C)c1C. The van der Waals surface area contributed by atoms with E-state index < -0.39 is 41.6 Å². The highest BCUT2D eigenvalue weighted by molar-refractivity contribution is 7.80. The van der Waals surface area contributed by atoms with Crippen LogP contribution in [0.15, 0.2) is 18.2 Å². The number of amides is 3. The second-order valence-electron chi connectivity index (χ2n) is 8.90. The van der Waals surface area contributed by atoms with Gasteiger partial charge in [0.1, 0.15) is 24.2 Å². The Hall–Kier alpha value is -2.75. The number of aryl methyl sites for hydroxylation is 1.